The number of hydrogen-bond acceptors (Lipinski definition) is 4. The summed E-state index contributed by atoms with van der Waals surface area (Å²) in [6.07, 6.45) is 2.93. The number of benzene rings is 1. The standard InChI is InChI=1S/C14H14N2O4S/c17-14(18)8-7-11-4-1-2-6-13(11)16-21(19,20)12-5-3-9-15-10-12/h1-6,9-10,16H,7-8H2,(H,17,18). The summed E-state index contributed by atoms with van der Waals surface area (Å²) in [5, 5.41) is 8.73. The van der Waals surface area contributed by atoms with Gasteiger partial charge in [-0.05, 0) is 30.2 Å². The molecule has 0 radical (unpaired) electrons. The van der Waals surface area contributed by atoms with Crippen LogP contribution < -0.4 is 4.72 Å². The molecule has 0 atom stereocenters. The Labute approximate surface area is 122 Å². The van der Waals surface area contributed by atoms with Gasteiger partial charge in [-0.1, -0.05) is 18.2 Å². The Morgan fingerprint density at radius 3 is 2.62 bits per heavy atom. The third-order valence-corrected chi connectivity index (χ3v) is 4.17. The molecule has 7 heteroatoms. The maximum Gasteiger partial charge on any atom is 0.303 e. The molecular formula is C14H14N2O4S. The number of aryl methyl sites for hydroxylation is 1. The molecule has 0 bridgehead atoms. The van der Waals surface area contributed by atoms with E-state index in [0.717, 1.165) is 0 Å². The molecule has 2 aromatic rings. The van der Waals surface area contributed by atoms with Crippen molar-refractivity contribution >= 4 is 21.7 Å². The van der Waals surface area contributed by atoms with Gasteiger partial charge in [0.05, 0.1) is 5.69 Å². The molecule has 0 aliphatic carbocycles. The van der Waals surface area contributed by atoms with Crippen molar-refractivity contribution in [2.75, 3.05) is 4.72 Å². The third kappa shape index (κ3) is 4.03. The van der Waals surface area contributed by atoms with Crippen molar-refractivity contribution in [3.8, 4) is 0 Å². The number of nitrogens with one attached hydrogen (secondary N) is 1. The largest absolute Gasteiger partial charge is 0.481 e. The van der Waals surface area contributed by atoms with Crippen molar-refractivity contribution in [1.82, 2.24) is 4.98 Å². The summed E-state index contributed by atoms with van der Waals surface area (Å²) < 4.78 is 26.9. The van der Waals surface area contributed by atoms with Crippen molar-refractivity contribution in [2.45, 2.75) is 17.7 Å². The zero-order valence-corrected chi connectivity index (χ0v) is 11.9. The number of pyridine rings is 1. The van der Waals surface area contributed by atoms with Crippen LogP contribution in [0, 0.1) is 0 Å². The van der Waals surface area contributed by atoms with Gasteiger partial charge in [-0.25, -0.2) is 8.42 Å². The number of nitrogens with zero attached hydrogens (tertiary/aromatic N) is 1. The molecule has 1 aromatic carbocycles. The number of carboxylic acids is 1. The summed E-state index contributed by atoms with van der Waals surface area (Å²) in [6, 6.07) is 9.69. The summed E-state index contributed by atoms with van der Waals surface area (Å²) in [6.45, 7) is 0. The molecule has 1 heterocycles. The number of anilines is 1. The van der Waals surface area contributed by atoms with Crippen LogP contribution in [0.3, 0.4) is 0 Å². The molecule has 2 N–H and O–H groups in total. The van der Waals surface area contributed by atoms with Crippen molar-refractivity contribution < 1.29 is 18.3 Å². The maximum absolute atomic E-state index is 12.2. The number of aliphatic carboxylic acids is 1. The molecule has 0 saturated carbocycles. The van der Waals surface area contributed by atoms with Gasteiger partial charge in [0.25, 0.3) is 10.0 Å². The van der Waals surface area contributed by atoms with E-state index in [1.165, 1.54) is 24.5 Å². The number of carbonyl (C=O) groups is 1. The fraction of sp³-hybridized carbons (Fsp3) is 0.143. The monoisotopic (exact) mass is 306 g/mol. The quantitative estimate of drug-likeness (QED) is 0.849. The summed E-state index contributed by atoms with van der Waals surface area (Å²) >= 11 is 0. The predicted octanol–water partition coefficient (Wildman–Crippen LogP) is 1.90. The van der Waals surface area contributed by atoms with Gasteiger partial charge in [-0.2, -0.15) is 0 Å². The first-order chi connectivity index (χ1) is 9.99. The summed E-state index contributed by atoms with van der Waals surface area (Å²) in [5.74, 6) is -0.931. The Bertz CT molecular complexity index is 730. The molecule has 21 heavy (non-hydrogen) atoms. The van der Waals surface area contributed by atoms with Gasteiger partial charge in [-0.3, -0.25) is 14.5 Å². The van der Waals surface area contributed by atoms with Gasteiger partial charge in [-0.15, -0.1) is 0 Å². The molecule has 1 aromatic heterocycles. The van der Waals surface area contributed by atoms with Crippen LogP contribution in [0.25, 0.3) is 0 Å². The molecule has 0 fully saturated rings. The van der Waals surface area contributed by atoms with E-state index in [-0.39, 0.29) is 17.7 Å². The topological polar surface area (TPSA) is 96.4 Å². The average Bonchev–Trinajstić information content (AvgIpc) is 2.47. The van der Waals surface area contributed by atoms with Gasteiger partial charge in [0.1, 0.15) is 4.90 Å². The molecule has 0 unspecified atom stereocenters. The van der Waals surface area contributed by atoms with E-state index in [1.54, 1.807) is 24.3 Å². The molecular weight excluding hydrogens is 292 g/mol. The predicted molar refractivity (Wildman–Crippen MR) is 77.4 cm³/mol. The molecule has 0 amide bonds. The molecule has 0 saturated heterocycles. The minimum atomic E-state index is -3.73. The third-order valence-electron chi connectivity index (χ3n) is 2.81. The van der Waals surface area contributed by atoms with Crippen molar-refractivity contribution in [2.24, 2.45) is 0 Å². The Balaban J connectivity index is 2.25. The first-order valence-electron chi connectivity index (χ1n) is 6.21. The Morgan fingerprint density at radius 2 is 1.95 bits per heavy atom. The normalized spacial score (nSPS) is 11.0. The highest BCUT2D eigenvalue weighted by Gasteiger charge is 2.16. The minimum absolute atomic E-state index is 0.0537. The fourth-order valence-electron chi connectivity index (χ4n) is 1.79. The molecule has 0 spiro atoms. The number of sulfonamides is 1. The highest BCUT2D eigenvalue weighted by Crippen LogP contribution is 2.20. The van der Waals surface area contributed by atoms with E-state index in [9.17, 15) is 13.2 Å². The van der Waals surface area contributed by atoms with Crippen LogP contribution in [-0.2, 0) is 21.2 Å². The van der Waals surface area contributed by atoms with Crippen LogP contribution in [0.1, 0.15) is 12.0 Å². The lowest BCUT2D eigenvalue weighted by Gasteiger charge is -2.11. The van der Waals surface area contributed by atoms with E-state index in [1.807, 2.05) is 0 Å². The molecule has 6 nitrogen and oxygen atoms in total. The lowest BCUT2D eigenvalue weighted by molar-refractivity contribution is -0.136. The van der Waals surface area contributed by atoms with E-state index >= 15 is 0 Å². The number of hydrogen-bond donors (Lipinski definition) is 2. The first kappa shape index (κ1) is 15.0. The van der Waals surface area contributed by atoms with Crippen LogP contribution in [0.5, 0.6) is 0 Å². The Hall–Kier alpha value is -2.41. The number of rotatable bonds is 6. The zero-order valence-electron chi connectivity index (χ0n) is 11.1. The first-order valence-corrected chi connectivity index (χ1v) is 7.70. The van der Waals surface area contributed by atoms with E-state index in [2.05, 4.69) is 9.71 Å². The minimum Gasteiger partial charge on any atom is -0.481 e. The van der Waals surface area contributed by atoms with Crippen molar-refractivity contribution in [3.63, 3.8) is 0 Å². The second-order valence-electron chi connectivity index (χ2n) is 4.35. The second kappa shape index (κ2) is 6.36. The fourth-order valence-corrected chi connectivity index (χ4v) is 2.85. The van der Waals surface area contributed by atoms with Gasteiger partial charge in [0.15, 0.2) is 0 Å². The summed E-state index contributed by atoms with van der Waals surface area (Å²) in [4.78, 5) is 14.5. The highest BCUT2D eigenvalue weighted by molar-refractivity contribution is 7.92. The van der Waals surface area contributed by atoms with E-state index in [0.29, 0.717) is 11.3 Å². The Kier molecular flexibility index (Phi) is 4.54. The van der Waals surface area contributed by atoms with Crippen LogP contribution in [0.4, 0.5) is 5.69 Å². The van der Waals surface area contributed by atoms with Crippen LogP contribution in [0.15, 0.2) is 53.7 Å². The number of carboxylic acid groups (broad SMARTS) is 1. The summed E-state index contributed by atoms with van der Waals surface area (Å²) in [7, 11) is -3.73. The van der Waals surface area contributed by atoms with Gasteiger partial charge >= 0.3 is 5.97 Å². The van der Waals surface area contributed by atoms with Crippen LogP contribution in [-0.4, -0.2) is 24.5 Å². The maximum atomic E-state index is 12.2. The molecule has 110 valence electrons. The van der Waals surface area contributed by atoms with Crippen molar-refractivity contribution in [1.29, 1.82) is 0 Å². The lowest BCUT2D eigenvalue weighted by atomic mass is 10.1. The van der Waals surface area contributed by atoms with Gasteiger partial charge < -0.3 is 5.11 Å². The summed E-state index contributed by atoms with van der Waals surface area (Å²) in [5.41, 5.74) is 1.01. The Morgan fingerprint density at radius 1 is 1.19 bits per heavy atom. The zero-order chi connectivity index (χ0) is 15.3. The van der Waals surface area contributed by atoms with Crippen LogP contribution in [0.2, 0.25) is 0 Å². The number of aromatic nitrogens is 1. The van der Waals surface area contributed by atoms with Crippen molar-refractivity contribution in [3.05, 3.63) is 54.4 Å². The van der Waals surface area contributed by atoms with E-state index in [4.69, 9.17) is 5.11 Å². The highest BCUT2D eigenvalue weighted by atomic mass is 32.2. The molecule has 0 aliphatic rings. The number of para-hydroxylation sites is 1. The van der Waals surface area contributed by atoms with Gasteiger partial charge in [0, 0.05) is 18.8 Å². The van der Waals surface area contributed by atoms with Crippen LogP contribution >= 0.6 is 0 Å². The molecule has 0 aliphatic heterocycles. The lowest BCUT2D eigenvalue weighted by Crippen LogP contribution is -2.14. The van der Waals surface area contributed by atoms with Gasteiger partial charge in [0.2, 0.25) is 0 Å². The molecule has 2 rings (SSSR count). The SMILES string of the molecule is O=C(O)CCc1ccccc1NS(=O)(=O)c1cccnc1. The average molecular weight is 306 g/mol. The smallest absolute Gasteiger partial charge is 0.303 e. The second-order valence-corrected chi connectivity index (χ2v) is 6.03. The van der Waals surface area contributed by atoms with E-state index < -0.39 is 16.0 Å².